The van der Waals surface area contributed by atoms with Crippen LogP contribution in [0.2, 0.25) is 10.2 Å². The normalized spacial score (nSPS) is 22.4. The van der Waals surface area contributed by atoms with Crippen molar-refractivity contribution in [3.63, 3.8) is 0 Å². The molecule has 0 amide bonds. The molecule has 0 spiro atoms. The Bertz CT molecular complexity index is 382. The first-order chi connectivity index (χ1) is 8.16. The maximum atomic E-state index is 6.16. The van der Waals surface area contributed by atoms with E-state index in [2.05, 4.69) is 16.8 Å². The van der Waals surface area contributed by atoms with Crippen LogP contribution in [0.25, 0.3) is 0 Å². The van der Waals surface area contributed by atoms with Crippen LogP contribution in [-0.2, 0) is 6.54 Å². The first kappa shape index (κ1) is 13.1. The average molecular weight is 273 g/mol. The quantitative estimate of drug-likeness (QED) is 0.752. The van der Waals surface area contributed by atoms with Crippen LogP contribution >= 0.6 is 23.2 Å². The molecule has 1 saturated heterocycles. The Hall–Kier alpha value is -0.310. The summed E-state index contributed by atoms with van der Waals surface area (Å²) >= 11 is 12.1. The number of hydrogen-bond acceptors (Lipinski definition) is 2. The van der Waals surface area contributed by atoms with E-state index in [1.165, 1.54) is 25.7 Å². The third-order valence-electron chi connectivity index (χ3n) is 3.43. The number of nitrogens with zero attached hydrogens (tertiary/aromatic N) is 2. The lowest BCUT2D eigenvalue weighted by Crippen LogP contribution is -2.32. The van der Waals surface area contributed by atoms with E-state index in [-0.39, 0.29) is 0 Å². The number of rotatable bonds is 2. The Balaban J connectivity index is 2.10. The van der Waals surface area contributed by atoms with Crippen LogP contribution in [0, 0.1) is 0 Å². The van der Waals surface area contributed by atoms with Gasteiger partial charge in [0, 0.05) is 12.6 Å². The van der Waals surface area contributed by atoms with Crippen LogP contribution in [-0.4, -0.2) is 22.5 Å². The molecule has 1 aromatic rings. The second kappa shape index (κ2) is 6.03. The van der Waals surface area contributed by atoms with Crippen molar-refractivity contribution in [2.45, 2.75) is 45.2 Å². The summed E-state index contributed by atoms with van der Waals surface area (Å²) in [5, 5.41) is 1.23. The van der Waals surface area contributed by atoms with E-state index in [1.54, 1.807) is 6.07 Å². The third kappa shape index (κ3) is 3.57. The van der Waals surface area contributed by atoms with E-state index >= 15 is 0 Å². The molecule has 2 heterocycles. The third-order valence-corrected chi connectivity index (χ3v) is 3.98. The summed E-state index contributed by atoms with van der Waals surface area (Å²) in [6, 6.07) is 4.17. The lowest BCUT2D eigenvalue weighted by atomic mass is 10.1. The Labute approximate surface area is 113 Å². The summed E-state index contributed by atoms with van der Waals surface area (Å²) in [6.45, 7) is 4.22. The smallest absolute Gasteiger partial charge is 0.129 e. The highest BCUT2D eigenvalue weighted by Crippen LogP contribution is 2.22. The number of likely N-dealkylation sites (tertiary alicyclic amines) is 1. The summed E-state index contributed by atoms with van der Waals surface area (Å²) in [7, 11) is 0. The van der Waals surface area contributed by atoms with Gasteiger partial charge in [0.25, 0.3) is 0 Å². The van der Waals surface area contributed by atoms with Crippen molar-refractivity contribution >= 4 is 23.2 Å². The van der Waals surface area contributed by atoms with E-state index in [9.17, 15) is 0 Å². The highest BCUT2D eigenvalue weighted by molar-refractivity contribution is 6.32. The molecule has 1 fully saturated rings. The first-order valence-corrected chi connectivity index (χ1v) is 6.97. The number of halogens is 2. The Morgan fingerprint density at radius 3 is 2.94 bits per heavy atom. The minimum atomic E-state index is 0.520. The maximum Gasteiger partial charge on any atom is 0.129 e. The molecule has 94 valence electrons. The minimum absolute atomic E-state index is 0.520. The van der Waals surface area contributed by atoms with Crippen molar-refractivity contribution in [2.24, 2.45) is 0 Å². The van der Waals surface area contributed by atoms with Gasteiger partial charge in [0.15, 0.2) is 0 Å². The van der Waals surface area contributed by atoms with Crippen molar-refractivity contribution in [3.8, 4) is 0 Å². The topological polar surface area (TPSA) is 16.1 Å². The summed E-state index contributed by atoms with van der Waals surface area (Å²) in [4.78, 5) is 6.78. The standard InChI is InChI=1S/C13H18Cl2N2/c1-10-5-3-2-4-8-17(10)9-12-11(14)6-7-13(15)16-12/h6-7,10H,2-5,8-9H2,1H3. The summed E-state index contributed by atoms with van der Waals surface area (Å²) in [6.07, 6.45) is 5.19. The van der Waals surface area contributed by atoms with Gasteiger partial charge in [0.1, 0.15) is 5.15 Å². The van der Waals surface area contributed by atoms with Crippen LogP contribution in [0.1, 0.15) is 38.3 Å². The van der Waals surface area contributed by atoms with Crippen LogP contribution in [0.15, 0.2) is 12.1 Å². The van der Waals surface area contributed by atoms with Gasteiger partial charge < -0.3 is 0 Å². The Morgan fingerprint density at radius 1 is 1.29 bits per heavy atom. The van der Waals surface area contributed by atoms with Crippen molar-refractivity contribution in [2.75, 3.05) is 6.54 Å². The molecule has 4 heteroatoms. The van der Waals surface area contributed by atoms with Gasteiger partial charge in [0.05, 0.1) is 10.7 Å². The molecule has 1 aliphatic heterocycles. The van der Waals surface area contributed by atoms with Crippen molar-refractivity contribution in [1.82, 2.24) is 9.88 Å². The second-order valence-corrected chi connectivity index (χ2v) is 5.53. The fraction of sp³-hybridized carbons (Fsp3) is 0.615. The summed E-state index contributed by atoms with van der Waals surface area (Å²) in [5.41, 5.74) is 0.896. The molecule has 0 N–H and O–H groups in total. The molecule has 17 heavy (non-hydrogen) atoms. The Kier molecular flexibility index (Phi) is 4.66. The predicted octanol–water partition coefficient (Wildman–Crippen LogP) is 4.15. The lowest BCUT2D eigenvalue weighted by Gasteiger charge is -2.26. The van der Waals surface area contributed by atoms with Crippen molar-refractivity contribution in [1.29, 1.82) is 0 Å². The highest BCUT2D eigenvalue weighted by atomic mass is 35.5. The molecular formula is C13H18Cl2N2. The molecule has 0 bridgehead atoms. The molecule has 1 atom stereocenters. The molecule has 0 saturated carbocycles. The number of aromatic nitrogens is 1. The van der Waals surface area contributed by atoms with Gasteiger partial charge in [-0.3, -0.25) is 4.90 Å². The van der Waals surface area contributed by atoms with Crippen LogP contribution < -0.4 is 0 Å². The van der Waals surface area contributed by atoms with Crippen LogP contribution in [0.3, 0.4) is 0 Å². The molecule has 0 aliphatic carbocycles. The van der Waals surface area contributed by atoms with Crippen molar-refractivity contribution in [3.05, 3.63) is 28.0 Å². The monoisotopic (exact) mass is 272 g/mol. The molecule has 1 aliphatic rings. The fourth-order valence-corrected chi connectivity index (χ4v) is 2.66. The largest absolute Gasteiger partial charge is 0.295 e. The molecule has 1 aromatic heterocycles. The number of hydrogen-bond donors (Lipinski definition) is 0. The summed E-state index contributed by atoms with van der Waals surface area (Å²) in [5.74, 6) is 0. The van der Waals surface area contributed by atoms with Crippen molar-refractivity contribution < 1.29 is 0 Å². The number of pyridine rings is 1. The zero-order chi connectivity index (χ0) is 12.3. The van der Waals surface area contributed by atoms with Gasteiger partial charge in [-0.2, -0.15) is 0 Å². The van der Waals surface area contributed by atoms with Gasteiger partial charge in [0.2, 0.25) is 0 Å². The molecule has 2 nitrogen and oxygen atoms in total. The van der Waals surface area contributed by atoms with Gasteiger partial charge >= 0.3 is 0 Å². The molecule has 2 rings (SSSR count). The van der Waals surface area contributed by atoms with E-state index in [0.29, 0.717) is 16.2 Å². The first-order valence-electron chi connectivity index (χ1n) is 6.22. The highest BCUT2D eigenvalue weighted by Gasteiger charge is 2.18. The SMILES string of the molecule is CC1CCCCCN1Cc1nc(Cl)ccc1Cl. The molecule has 1 unspecified atom stereocenters. The zero-order valence-corrected chi connectivity index (χ0v) is 11.6. The van der Waals surface area contributed by atoms with E-state index in [4.69, 9.17) is 23.2 Å². The zero-order valence-electron chi connectivity index (χ0n) is 10.1. The van der Waals surface area contributed by atoms with E-state index in [1.807, 2.05) is 6.07 Å². The average Bonchev–Trinajstić information content (AvgIpc) is 2.50. The lowest BCUT2D eigenvalue weighted by molar-refractivity contribution is 0.202. The molecule has 0 radical (unpaired) electrons. The van der Waals surface area contributed by atoms with Crippen LogP contribution in [0.4, 0.5) is 0 Å². The van der Waals surface area contributed by atoms with E-state index in [0.717, 1.165) is 18.8 Å². The molecule has 0 aromatic carbocycles. The fourth-order valence-electron chi connectivity index (χ4n) is 2.33. The van der Waals surface area contributed by atoms with Gasteiger partial charge in [-0.05, 0) is 38.4 Å². The maximum absolute atomic E-state index is 6.16. The summed E-state index contributed by atoms with van der Waals surface area (Å²) < 4.78 is 0. The van der Waals surface area contributed by atoms with Gasteiger partial charge in [-0.1, -0.05) is 36.0 Å². The minimum Gasteiger partial charge on any atom is -0.295 e. The van der Waals surface area contributed by atoms with E-state index < -0.39 is 0 Å². The molecular weight excluding hydrogens is 255 g/mol. The second-order valence-electron chi connectivity index (χ2n) is 4.73. The van der Waals surface area contributed by atoms with Crippen LogP contribution in [0.5, 0.6) is 0 Å². The predicted molar refractivity (Wildman–Crippen MR) is 72.6 cm³/mol. The van der Waals surface area contributed by atoms with Gasteiger partial charge in [-0.25, -0.2) is 4.98 Å². The Morgan fingerprint density at radius 2 is 2.12 bits per heavy atom. The van der Waals surface area contributed by atoms with Gasteiger partial charge in [-0.15, -0.1) is 0 Å².